The van der Waals surface area contributed by atoms with E-state index in [1.54, 1.807) is 0 Å². The summed E-state index contributed by atoms with van der Waals surface area (Å²) >= 11 is 11.7. The molecule has 0 spiro atoms. The number of halogens is 5. The molecule has 2 aliphatic rings. The van der Waals surface area contributed by atoms with Crippen molar-refractivity contribution in [2.75, 3.05) is 16.5 Å². The van der Waals surface area contributed by atoms with Crippen LogP contribution in [0.2, 0.25) is 10.0 Å². The molecule has 2 atom stereocenters. The fourth-order valence-electron chi connectivity index (χ4n) is 2.34. The van der Waals surface area contributed by atoms with Gasteiger partial charge in [0.2, 0.25) is 0 Å². The molecular weight excluding hydrogens is 364 g/mol. The van der Waals surface area contributed by atoms with Crippen molar-refractivity contribution in [2.45, 2.75) is 6.18 Å². The first-order valence-corrected chi connectivity index (χ1v) is 8.25. The van der Waals surface area contributed by atoms with Crippen LogP contribution in [0.4, 0.5) is 18.9 Å². The van der Waals surface area contributed by atoms with E-state index in [0.29, 0.717) is 17.8 Å². The lowest BCUT2D eigenvalue weighted by Crippen LogP contribution is -2.28. The first-order chi connectivity index (χ1) is 10.2. The Kier molecular flexibility index (Phi) is 3.73. The third-order valence-corrected chi connectivity index (χ3v) is 5.25. The summed E-state index contributed by atoms with van der Waals surface area (Å²) < 4.78 is 49.5. The predicted octanol–water partition coefficient (Wildman–Crippen LogP) is 3.09. The average molecular weight is 371 g/mol. The Morgan fingerprint density at radius 1 is 1.27 bits per heavy atom. The average Bonchev–Trinajstić information content (AvgIpc) is 2.87. The molecule has 1 fully saturated rings. The summed E-state index contributed by atoms with van der Waals surface area (Å²) in [5, 5.41) is 4.29. The van der Waals surface area contributed by atoms with Crippen LogP contribution < -0.4 is 5.01 Å². The van der Waals surface area contributed by atoms with E-state index in [1.165, 1.54) is 0 Å². The van der Waals surface area contributed by atoms with Crippen LogP contribution in [0.25, 0.3) is 0 Å². The van der Waals surface area contributed by atoms with Crippen LogP contribution in [-0.4, -0.2) is 27.3 Å². The monoisotopic (exact) mass is 370 g/mol. The van der Waals surface area contributed by atoms with Crippen molar-refractivity contribution in [3.63, 3.8) is 0 Å². The van der Waals surface area contributed by atoms with E-state index < -0.39 is 34.4 Å². The lowest BCUT2D eigenvalue weighted by molar-refractivity contribution is -0.137. The first-order valence-electron chi connectivity index (χ1n) is 6.01. The summed E-state index contributed by atoms with van der Waals surface area (Å²) in [5.74, 6) is -0.771. The molecule has 1 amide bonds. The van der Waals surface area contributed by atoms with Gasteiger partial charge >= 0.3 is 6.18 Å². The fraction of sp³-hybridized carbons (Fsp3) is 0.333. The largest absolute Gasteiger partial charge is 0.416 e. The van der Waals surface area contributed by atoms with Gasteiger partial charge in [-0.1, -0.05) is 23.2 Å². The van der Waals surface area contributed by atoms with Gasteiger partial charge < -0.3 is 0 Å². The minimum absolute atomic E-state index is 0.0889. The van der Waals surface area contributed by atoms with Crippen molar-refractivity contribution >= 4 is 51.3 Å². The number of rotatable bonds is 1. The molecule has 2 aliphatic heterocycles. The van der Waals surface area contributed by atoms with Crippen molar-refractivity contribution < 1.29 is 22.2 Å². The Morgan fingerprint density at radius 3 is 2.36 bits per heavy atom. The van der Waals surface area contributed by atoms with Gasteiger partial charge in [0, 0.05) is 16.6 Å². The van der Waals surface area contributed by atoms with Crippen molar-refractivity contribution in [1.82, 2.24) is 0 Å². The minimum Gasteiger partial charge on any atom is -0.272 e. The Morgan fingerprint density at radius 2 is 1.86 bits per heavy atom. The van der Waals surface area contributed by atoms with Crippen LogP contribution >= 0.6 is 23.2 Å². The molecule has 4 nitrogen and oxygen atoms in total. The summed E-state index contributed by atoms with van der Waals surface area (Å²) in [6.07, 6.45) is -4.60. The Balaban J connectivity index is 2.04. The zero-order chi connectivity index (χ0) is 16.2. The number of hydrazone groups is 1. The molecule has 0 saturated carbocycles. The lowest BCUT2D eigenvalue weighted by Gasteiger charge is -2.18. The molecule has 10 heteroatoms. The molecule has 1 aromatic rings. The fourth-order valence-corrected chi connectivity index (χ4v) is 4.40. The second-order valence-electron chi connectivity index (χ2n) is 4.83. The maximum absolute atomic E-state index is 12.7. The number of anilines is 1. The van der Waals surface area contributed by atoms with Gasteiger partial charge in [-0.2, -0.15) is 23.3 Å². The van der Waals surface area contributed by atoms with Gasteiger partial charge in [-0.3, -0.25) is 9.00 Å². The third-order valence-electron chi connectivity index (χ3n) is 3.35. The standard InChI is InChI=1S/C12H7Cl2F3N2O2S/c13-7-1-5(12(15,16)17)2-8(14)10(7)19-11(20)6-3-22(21)4-9(6)18-19/h1-2,6H,3-4H2. The molecule has 0 N–H and O–H groups in total. The first kappa shape index (κ1) is 15.8. The second kappa shape index (κ2) is 5.21. The van der Waals surface area contributed by atoms with Gasteiger partial charge in [-0.05, 0) is 12.1 Å². The van der Waals surface area contributed by atoms with Gasteiger partial charge in [-0.25, -0.2) is 0 Å². The maximum atomic E-state index is 12.7. The van der Waals surface area contributed by atoms with E-state index >= 15 is 0 Å². The molecule has 0 aliphatic carbocycles. The molecule has 0 aromatic heterocycles. The molecule has 118 valence electrons. The Hall–Kier alpha value is -1.12. The van der Waals surface area contributed by atoms with Crippen molar-refractivity contribution in [3.8, 4) is 0 Å². The van der Waals surface area contributed by atoms with E-state index in [9.17, 15) is 22.2 Å². The van der Waals surface area contributed by atoms with Crippen LogP contribution in [0.5, 0.6) is 0 Å². The van der Waals surface area contributed by atoms with Gasteiger partial charge in [0.25, 0.3) is 5.91 Å². The number of fused-ring (bicyclic) bond motifs is 1. The highest BCUT2D eigenvalue weighted by Crippen LogP contribution is 2.42. The molecule has 3 rings (SSSR count). The van der Waals surface area contributed by atoms with E-state index in [-0.39, 0.29) is 27.2 Å². The van der Waals surface area contributed by atoms with Gasteiger partial charge in [0.15, 0.2) is 0 Å². The number of amides is 1. The highest BCUT2D eigenvalue weighted by atomic mass is 35.5. The highest BCUT2D eigenvalue weighted by molar-refractivity contribution is 7.86. The maximum Gasteiger partial charge on any atom is 0.416 e. The number of carbonyl (C=O) groups is 1. The molecule has 22 heavy (non-hydrogen) atoms. The summed E-state index contributed by atoms with van der Waals surface area (Å²) in [5.41, 5.74) is -0.656. The molecule has 1 aromatic carbocycles. The second-order valence-corrected chi connectivity index (χ2v) is 7.15. The zero-order valence-electron chi connectivity index (χ0n) is 10.7. The number of nitrogens with zero attached hydrogens (tertiary/aromatic N) is 2. The minimum atomic E-state index is -4.60. The smallest absolute Gasteiger partial charge is 0.272 e. The number of carbonyl (C=O) groups excluding carboxylic acids is 1. The SMILES string of the molecule is O=C1C2CS(=O)CC2=NN1c1c(Cl)cc(C(F)(F)F)cc1Cl. The van der Waals surface area contributed by atoms with Crippen molar-refractivity contribution in [2.24, 2.45) is 11.0 Å². The molecule has 0 radical (unpaired) electrons. The molecule has 0 bridgehead atoms. The third kappa shape index (κ3) is 2.53. The van der Waals surface area contributed by atoms with Crippen LogP contribution in [0.1, 0.15) is 5.56 Å². The quantitative estimate of drug-likeness (QED) is 0.762. The van der Waals surface area contributed by atoms with Gasteiger partial charge in [0.1, 0.15) is 5.69 Å². The Bertz CT molecular complexity index is 713. The predicted molar refractivity (Wildman–Crippen MR) is 77.8 cm³/mol. The van der Waals surface area contributed by atoms with E-state index in [0.717, 1.165) is 5.01 Å². The van der Waals surface area contributed by atoms with Crippen LogP contribution in [0, 0.1) is 5.92 Å². The number of hydrogen-bond donors (Lipinski definition) is 0. The molecule has 1 saturated heterocycles. The lowest BCUT2D eigenvalue weighted by atomic mass is 10.1. The van der Waals surface area contributed by atoms with E-state index in [4.69, 9.17) is 23.2 Å². The number of alkyl halides is 3. The number of benzene rings is 1. The van der Waals surface area contributed by atoms with E-state index in [2.05, 4.69) is 5.10 Å². The normalized spacial score (nSPS) is 24.7. The molecule has 2 unspecified atom stereocenters. The Labute approximate surface area is 135 Å². The summed E-state index contributed by atoms with van der Waals surface area (Å²) in [6.45, 7) is 0. The topological polar surface area (TPSA) is 49.7 Å². The molecule has 2 heterocycles. The summed E-state index contributed by atoms with van der Waals surface area (Å²) in [6, 6.07) is 1.39. The van der Waals surface area contributed by atoms with Crippen LogP contribution in [0.3, 0.4) is 0 Å². The highest BCUT2D eigenvalue weighted by Gasteiger charge is 2.44. The zero-order valence-corrected chi connectivity index (χ0v) is 13.0. The summed E-state index contributed by atoms with van der Waals surface area (Å²) in [4.78, 5) is 12.3. The molecular formula is C12H7Cl2F3N2O2S. The van der Waals surface area contributed by atoms with Gasteiger partial charge in [0.05, 0.1) is 33.0 Å². The number of hydrogen-bond acceptors (Lipinski definition) is 3. The summed E-state index contributed by atoms with van der Waals surface area (Å²) in [7, 11) is -1.14. The van der Waals surface area contributed by atoms with Crippen molar-refractivity contribution in [3.05, 3.63) is 27.7 Å². The van der Waals surface area contributed by atoms with Crippen LogP contribution in [0.15, 0.2) is 17.2 Å². The van der Waals surface area contributed by atoms with Crippen molar-refractivity contribution in [1.29, 1.82) is 0 Å². The van der Waals surface area contributed by atoms with Crippen LogP contribution in [-0.2, 0) is 21.8 Å². The van der Waals surface area contributed by atoms with E-state index in [1.807, 2.05) is 0 Å². The van der Waals surface area contributed by atoms with Gasteiger partial charge in [-0.15, -0.1) is 0 Å².